The van der Waals surface area contributed by atoms with E-state index in [9.17, 15) is 9.18 Å². The van der Waals surface area contributed by atoms with Crippen LogP contribution in [0.15, 0.2) is 53.4 Å². The molecule has 0 radical (unpaired) electrons. The van der Waals surface area contributed by atoms with E-state index in [0.29, 0.717) is 12.3 Å². The van der Waals surface area contributed by atoms with Crippen molar-refractivity contribution in [2.45, 2.75) is 23.3 Å². The minimum Gasteiger partial charge on any atom is -0.376 e. The Balaban J connectivity index is 1.51. The van der Waals surface area contributed by atoms with Crippen molar-refractivity contribution in [3.05, 3.63) is 65.5 Å². The zero-order valence-corrected chi connectivity index (χ0v) is 14.4. The summed E-state index contributed by atoms with van der Waals surface area (Å²) in [5, 5.41) is 2.97. The quantitative estimate of drug-likeness (QED) is 0.817. The van der Waals surface area contributed by atoms with Crippen molar-refractivity contribution >= 4 is 17.7 Å². The van der Waals surface area contributed by atoms with E-state index in [-0.39, 0.29) is 17.3 Å². The molecule has 0 bridgehead atoms. The highest BCUT2D eigenvalue weighted by Crippen LogP contribution is 2.32. The van der Waals surface area contributed by atoms with E-state index in [1.54, 1.807) is 19.2 Å². The number of carbonyl (C=O) groups is 1. The molecule has 3 rings (SSSR count). The van der Waals surface area contributed by atoms with Gasteiger partial charge in [-0.15, -0.1) is 11.8 Å². The fourth-order valence-electron chi connectivity index (χ4n) is 2.99. The maximum atomic E-state index is 12.9. The molecule has 0 aliphatic heterocycles. The van der Waals surface area contributed by atoms with Gasteiger partial charge in [0.25, 0.3) is 0 Å². The first-order chi connectivity index (χ1) is 11.6. The molecule has 126 valence electrons. The van der Waals surface area contributed by atoms with Crippen LogP contribution in [0.5, 0.6) is 0 Å². The zero-order chi connectivity index (χ0) is 17.0. The second kappa shape index (κ2) is 7.36. The number of hydrogen-bond donors (Lipinski definition) is 1. The van der Waals surface area contributed by atoms with Gasteiger partial charge >= 0.3 is 0 Å². The van der Waals surface area contributed by atoms with Crippen molar-refractivity contribution < 1.29 is 13.9 Å². The van der Waals surface area contributed by atoms with Gasteiger partial charge in [0, 0.05) is 31.4 Å². The van der Waals surface area contributed by atoms with Crippen molar-refractivity contribution in [1.82, 2.24) is 5.32 Å². The monoisotopic (exact) mass is 345 g/mol. The number of nitrogens with one attached hydrogen (secondary N) is 1. The largest absolute Gasteiger partial charge is 0.376 e. The predicted octanol–water partition coefficient (Wildman–Crippen LogP) is 3.22. The molecule has 2 aromatic rings. The van der Waals surface area contributed by atoms with Crippen molar-refractivity contribution in [3.8, 4) is 0 Å². The van der Waals surface area contributed by atoms with Gasteiger partial charge in [-0.2, -0.15) is 0 Å². The van der Waals surface area contributed by atoms with Gasteiger partial charge in [0.15, 0.2) is 0 Å². The van der Waals surface area contributed by atoms with Gasteiger partial charge in [-0.05, 0) is 35.4 Å². The zero-order valence-electron chi connectivity index (χ0n) is 13.5. The second-order valence-corrected chi connectivity index (χ2v) is 7.08. The Hall–Kier alpha value is -1.85. The van der Waals surface area contributed by atoms with Gasteiger partial charge in [0.05, 0.1) is 11.4 Å². The molecule has 2 aromatic carbocycles. The Morgan fingerprint density at radius 3 is 2.38 bits per heavy atom. The first-order valence-electron chi connectivity index (χ1n) is 7.87. The summed E-state index contributed by atoms with van der Waals surface area (Å²) in [6.45, 7) is 0.487. The van der Waals surface area contributed by atoms with Crippen LogP contribution >= 0.6 is 11.8 Å². The number of fused-ring (bicyclic) bond motifs is 1. The topological polar surface area (TPSA) is 38.3 Å². The number of hydrogen-bond acceptors (Lipinski definition) is 3. The van der Waals surface area contributed by atoms with Crippen LogP contribution in [0.4, 0.5) is 4.39 Å². The normalized spacial score (nSPS) is 15.1. The summed E-state index contributed by atoms with van der Waals surface area (Å²) in [5.41, 5.74) is 2.21. The van der Waals surface area contributed by atoms with Crippen LogP contribution < -0.4 is 5.32 Å². The molecule has 0 fully saturated rings. The molecule has 0 aromatic heterocycles. The van der Waals surface area contributed by atoms with Crippen LogP contribution in [0, 0.1) is 5.82 Å². The van der Waals surface area contributed by atoms with Gasteiger partial charge in [0.2, 0.25) is 5.91 Å². The van der Waals surface area contributed by atoms with E-state index in [1.807, 2.05) is 12.1 Å². The van der Waals surface area contributed by atoms with Crippen LogP contribution in [0.3, 0.4) is 0 Å². The highest BCUT2D eigenvalue weighted by molar-refractivity contribution is 8.00. The maximum Gasteiger partial charge on any atom is 0.230 e. The molecule has 0 unspecified atom stereocenters. The molecule has 24 heavy (non-hydrogen) atoms. The molecule has 0 spiro atoms. The fraction of sp³-hybridized carbons (Fsp3) is 0.316. The smallest absolute Gasteiger partial charge is 0.230 e. The summed E-state index contributed by atoms with van der Waals surface area (Å²) < 4.78 is 18.6. The number of thioether (sulfide) groups is 1. The predicted molar refractivity (Wildman–Crippen MR) is 93.7 cm³/mol. The molecule has 1 amide bonds. The third-order valence-electron chi connectivity index (χ3n) is 4.37. The van der Waals surface area contributed by atoms with E-state index in [1.165, 1.54) is 35.0 Å². The number of rotatable bonds is 6. The molecule has 0 atom stereocenters. The van der Waals surface area contributed by atoms with Crippen molar-refractivity contribution in [3.63, 3.8) is 0 Å². The lowest BCUT2D eigenvalue weighted by molar-refractivity contribution is -0.120. The second-order valence-electron chi connectivity index (χ2n) is 6.03. The minimum absolute atomic E-state index is 0.0447. The van der Waals surface area contributed by atoms with Gasteiger partial charge < -0.3 is 10.1 Å². The van der Waals surface area contributed by atoms with E-state index < -0.39 is 0 Å². The maximum absolute atomic E-state index is 12.9. The van der Waals surface area contributed by atoms with E-state index in [2.05, 4.69) is 17.4 Å². The summed E-state index contributed by atoms with van der Waals surface area (Å²) >= 11 is 1.39. The highest BCUT2D eigenvalue weighted by Gasteiger charge is 2.37. The molecule has 0 saturated heterocycles. The van der Waals surface area contributed by atoms with Crippen LogP contribution in [0.2, 0.25) is 0 Å². The first-order valence-corrected chi connectivity index (χ1v) is 8.86. The molecule has 3 nitrogen and oxygen atoms in total. The van der Waals surface area contributed by atoms with Gasteiger partial charge in [-0.1, -0.05) is 24.3 Å². The summed E-state index contributed by atoms with van der Waals surface area (Å²) in [7, 11) is 1.70. The van der Waals surface area contributed by atoms with Crippen LogP contribution in [-0.2, 0) is 22.4 Å². The number of halogens is 1. The molecular formula is C19H20FNO2S. The van der Waals surface area contributed by atoms with Gasteiger partial charge in [0.1, 0.15) is 5.82 Å². The summed E-state index contributed by atoms with van der Waals surface area (Å²) in [6.07, 6.45) is 1.62. The Kier molecular flexibility index (Phi) is 5.21. The van der Waals surface area contributed by atoms with E-state index >= 15 is 0 Å². The third-order valence-corrected chi connectivity index (χ3v) is 5.38. The lowest BCUT2D eigenvalue weighted by Gasteiger charge is -2.27. The Morgan fingerprint density at radius 2 is 1.79 bits per heavy atom. The molecule has 5 heteroatoms. The Labute approximate surface area is 145 Å². The molecule has 1 aliphatic rings. The van der Waals surface area contributed by atoms with Crippen molar-refractivity contribution in [1.29, 1.82) is 0 Å². The number of methoxy groups -OCH3 is 1. The first kappa shape index (κ1) is 17.0. The number of carbonyl (C=O) groups excluding carboxylic acids is 1. The average molecular weight is 345 g/mol. The van der Waals surface area contributed by atoms with Crippen LogP contribution in [-0.4, -0.2) is 30.9 Å². The molecule has 1 N–H and O–H groups in total. The average Bonchev–Trinajstić information content (AvgIpc) is 2.99. The van der Waals surface area contributed by atoms with Crippen LogP contribution in [0.1, 0.15) is 11.1 Å². The number of benzene rings is 2. The summed E-state index contributed by atoms with van der Waals surface area (Å²) in [6, 6.07) is 14.4. The Morgan fingerprint density at radius 1 is 1.17 bits per heavy atom. The molecule has 0 heterocycles. The van der Waals surface area contributed by atoms with Crippen LogP contribution in [0.25, 0.3) is 0 Å². The van der Waals surface area contributed by atoms with Crippen molar-refractivity contribution in [2.75, 3.05) is 19.4 Å². The Bertz CT molecular complexity index is 693. The highest BCUT2D eigenvalue weighted by atomic mass is 32.2. The summed E-state index contributed by atoms with van der Waals surface area (Å²) in [5.74, 6) is -0.0124. The van der Waals surface area contributed by atoms with Gasteiger partial charge in [-0.3, -0.25) is 4.79 Å². The lowest BCUT2D eigenvalue weighted by atomic mass is 10.00. The van der Waals surface area contributed by atoms with Gasteiger partial charge in [-0.25, -0.2) is 4.39 Å². The molecule has 0 saturated carbocycles. The number of amides is 1. The van der Waals surface area contributed by atoms with Crippen molar-refractivity contribution in [2.24, 2.45) is 0 Å². The molecular weight excluding hydrogens is 325 g/mol. The molecule has 1 aliphatic carbocycles. The van der Waals surface area contributed by atoms with E-state index in [0.717, 1.165) is 17.7 Å². The number of ether oxygens (including phenoxy) is 1. The lowest BCUT2D eigenvalue weighted by Crippen LogP contribution is -2.45. The third kappa shape index (κ3) is 3.97. The van der Waals surface area contributed by atoms with E-state index in [4.69, 9.17) is 4.74 Å². The summed E-state index contributed by atoms with van der Waals surface area (Å²) in [4.78, 5) is 13.0. The minimum atomic E-state index is -0.361. The standard InChI is InChI=1S/C19H20FNO2S/c1-23-19(10-14-4-2-3-5-15(14)11-19)13-21-18(22)12-24-17-8-6-16(20)7-9-17/h2-9H,10-13H2,1H3,(H,21,22). The fourth-order valence-corrected chi connectivity index (χ4v) is 3.72. The SMILES string of the molecule is COC1(CNC(=O)CSc2ccc(F)cc2)Cc2ccccc2C1.